The number of hydrogen-bond donors (Lipinski definition) is 1. The molecule has 5 nitrogen and oxygen atoms in total. The quantitative estimate of drug-likeness (QED) is 0.784. The van der Waals surface area contributed by atoms with E-state index in [1.165, 1.54) is 0 Å². The number of carbonyl (C=O) groups is 1. The highest BCUT2D eigenvalue weighted by Gasteiger charge is 2.07. The van der Waals surface area contributed by atoms with Gasteiger partial charge in [-0.25, -0.2) is 4.98 Å². The topological polar surface area (TPSA) is 59.8 Å². The van der Waals surface area contributed by atoms with Gasteiger partial charge in [0.05, 0.1) is 12.1 Å². The lowest BCUT2D eigenvalue weighted by Crippen LogP contribution is -2.28. The molecule has 2 heterocycles. The Bertz CT molecular complexity index is 722. The standard InChI is InChI=1S/C15H14N4O/c20-15(16-9-11-19-10-3-8-17-19)14-7-6-12-4-1-2-5-13(12)18-14/h1-8,10H,9,11H2,(H,16,20). The Labute approximate surface area is 116 Å². The Morgan fingerprint density at radius 1 is 1.15 bits per heavy atom. The van der Waals surface area contributed by atoms with E-state index in [0.717, 1.165) is 10.9 Å². The summed E-state index contributed by atoms with van der Waals surface area (Å²) in [4.78, 5) is 16.4. The Morgan fingerprint density at radius 3 is 2.90 bits per heavy atom. The van der Waals surface area contributed by atoms with Crippen molar-refractivity contribution in [2.45, 2.75) is 6.54 Å². The fourth-order valence-corrected chi connectivity index (χ4v) is 2.00. The molecule has 0 bridgehead atoms. The van der Waals surface area contributed by atoms with Gasteiger partial charge in [0.15, 0.2) is 0 Å². The molecule has 5 heteroatoms. The number of pyridine rings is 1. The van der Waals surface area contributed by atoms with Gasteiger partial charge >= 0.3 is 0 Å². The molecule has 0 saturated heterocycles. The molecule has 0 unspecified atom stereocenters. The van der Waals surface area contributed by atoms with E-state index in [1.807, 2.05) is 42.6 Å². The third kappa shape index (κ3) is 2.66. The van der Waals surface area contributed by atoms with E-state index in [1.54, 1.807) is 16.9 Å². The van der Waals surface area contributed by atoms with Gasteiger partial charge in [0.25, 0.3) is 5.91 Å². The van der Waals surface area contributed by atoms with Crippen LogP contribution in [0.1, 0.15) is 10.5 Å². The van der Waals surface area contributed by atoms with Crippen molar-refractivity contribution in [2.24, 2.45) is 0 Å². The summed E-state index contributed by atoms with van der Waals surface area (Å²) in [5, 5.41) is 7.94. The van der Waals surface area contributed by atoms with E-state index in [9.17, 15) is 4.79 Å². The van der Waals surface area contributed by atoms with Crippen LogP contribution in [0, 0.1) is 0 Å². The first kappa shape index (κ1) is 12.3. The number of rotatable bonds is 4. The smallest absolute Gasteiger partial charge is 0.269 e. The monoisotopic (exact) mass is 266 g/mol. The average molecular weight is 266 g/mol. The van der Waals surface area contributed by atoms with Gasteiger partial charge < -0.3 is 5.32 Å². The van der Waals surface area contributed by atoms with Crippen molar-refractivity contribution in [3.63, 3.8) is 0 Å². The minimum atomic E-state index is -0.164. The van der Waals surface area contributed by atoms with Gasteiger partial charge in [-0.15, -0.1) is 0 Å². The van der Waals surface area contributed by atoms with Crippen LogP contribution in [-0.2, 0) is 6.54 Å². The maximum absolute atomic E-state index is 12.0. The highest BCUT2D eigenvalue weighted by Crippen LogP contribution is 2.11. The largest absolute Gasteiger partial charge is 0.349 e. The molecule has 100 valence electrons. The third-order valence-electron chi connectivity index (χ3n) is 3.02. The number of nitrogens with zero attached hydrogens (tertiary/aromatic N) is 3. The summed E-state index contributed by atoms with van der Waals surface area (Å²) in [6, 6.07) is 13.2. The van der Waals surface area contributed by atoms with Crippen LogP contribution in [0.2, 0.25) is 0 Å². The lowest BCUT2D eigenvalue weighted by molar-refractivity contribution is 0.0947. The summed E-state index contributed by atoms with van der Waals surface area (Å²) in [6.07, 6.45) is 3.58. The van der Waals surface area contributed by atoms with Gasteiger partial charge in [0.2, 0.25) is 0 Å². The van der Waals surface area contributed by atoms with E-state index >= 15 is 0 Å². The summed E-state index contributed by atoms with van der Waals surface area (Å²) < 4.78 is 1.77. The lowest BCUT2D eigenvalue weighted by Gasteiger charge is -2.06. The molecule has 3 rings (SSSR count). The van der Waals surface area contributed by atoms with Crippen molar-refractivity contribution in [3.8, 4) is 0 Å². The maximum Gasteiger partial charge on any atom is 0.269 e. The molecule has 20 heavy (non-hydrogen) atoms. The van der Waals surface area contributed by atoms with Crippen LogP contribution < -0.4 is 5.32 Å². The average Bonchev–Trinajstić information content (AvgIpc) is 3.00. The van der Waals surface area contributed by atoms with E-state index in [4.69, 9.17) is 0 Å². The minimum absolute atomic E-state index is 0.164. The number of hydrogen-bond acceptors (Lipinski definition) is 3. The van der Waals surface area contributed by atoms with Gasteiger partial charge in [0.1, 0.15) is 5.69 Å². The number of carbonyl (C=O) groups excluding carboxylic acids is 1. The van der Waals surface area contributed by atoms with E-state index < -0.39 is 0 Å². The highest BCUT2D eigenvalue weighted by atomic mass is 16.1. The molecule has 0 aliphatic rings. The molecule has 1 N–H and O–H groups in total. The molecule has 0 aliphatic heterocycles. The van der Waals surface area contributed by atoms with E-state index in [-0.39, 0.29) is 5.91 Å². The third-order valence-corrected chi connectivity index (χ3v) is 3.02. The van der Waals surface area contributed by atoms with Crippen LogP contribution in [-0.4, -0.2) is 27.2 Å². The first-order valence-electron chi connectivity index (χ1n) is 6.44. The molecule has 2 aromatic heterocycles. The van der Waals surface area contributed by atoms with Gasteiger partial charge in [-0.1, -0.05) is 24.3 Å². The lowest BCUT2D eigenvalue weighted by atomic mass is 10.2. The number of fused-ring (bicyclic) bond motifs is 1. The van der Waals surface area contributed by atoms with Crippen LogP contribution in [0.3, 0.4) is 0 Å². The summed E-state index contributed by atoms with van der Waals surface area (Å²) in [7, 11) is 0. The number of aromatic nitrogens is 3. The van der Waals surface area contributed by atoms with Crippen LogP contribution >= 0.6 is 0 Å². The Morgan fingerprint density at radius 2 is 2.05 bits per heavy atom. The molecule has 1 amide bonds. The molecule has 0 spiro atoms. The minimum Gasteiger partial charge on any atom is -0.349 e. The second-order valence-electron chi connectivity index (χ2n) is 4.41. The fraction of sp³-hybridized carbons (Fsp3) is 0.133. The SMILES string of the molecule is O=C(NCCn1cccn1)c1ccc2ccccc2n1. The van der Waals surface area contributed by atoms with Crippen molar-refractivity contribution in [3.05, 3.63) is 60.6 Å². The zero-order valence-corrected chi connectivity index (χ0v) is 10.9. The summed E-state index contributed by atoms with van der Waals surface area (Å²) >= 11 is 0. The van der Waals surface area contributed by atoms with Gasteiger partial charge in [-0.2, -0.15) is 5.10 Å². The molecule has 0 atom stereocenters. The van der Waals surface area contributed by atoms with Crippen molar-refractivity contribution in [1.82, 2.24) is 20.1 Å². The van der Waals surface area contributed by atoms with Crippen LogP contribution in [0.4, 0.5) is 0 Å². The number of benzene rings is 1. The normalized spacial score (nSPS) is 10.6. The van der Waals surface area contributed by atoms with Gasteiger partial charge in [0, 0.05) is 24.3 Å². The molecule has 3 aromatic rings. The molecule has 0 saturated carbocycles. The number of para-hydroxylation sites is 1. The molecular weight excluding hydrogens is 252 g/mol. The fourth-order valence-electron chi connectivity index (χ4n) is 2.00. The van der Waals surface area contributed by atoms with Crippen LogP contribution in [0.25, 0.3) is 10.9 Å². The number of amides is 1. The van der Waals surface area contributed by atoms with Crippen molar-refractivity contribution >= 4 is 16.8 Å². The number of nitrogens with one attached hydrogen (secondary N) is 1. The summed E-state index contributed by atoms with van der Waals surface area (Å²) in [5.74, 6) is -0.164. The first-order chi connectivity index (χ1) is 9.83. The molecule has 0 aliphatic carbocycles. The predicted octanol–water partition coefficient (Wildman–Crippen LogP) is 1.86. The zero-order chi connectivity index (χ0) is 13.8. The summed E-state index contributed by atoms with van der Waals surface area (Å²) in [6.45, 7) is 1.17. The molecular formula is C15H14N4O. The van der Waals surface area contributed by atoms with Crippen molar-refractivity contribution < 1.29 is 4.79 Å². The molecule has 1 aromatic carbocycles. The predicted molar refractivity (Wildman–Crippen MR) is 76.3 cm³/mol. The Hall–Kier alpha value is -2.69. The first-order valence-corrected chi connectivity index (χ1v) is 6.44. The van der Waals surface area contributed by atoms with E-state index in [2.05, 4.69) is 15.4 Å². The molecule has 0 fully saturated rings. The zero-order valence-electron chi connectivity index (χ0n) is 10.9. The van der Waals surface area contributed by atoms with Crippen LogP contribution in [0.5, 0.6) is 0 Å². The second kappa shape index (κ2) is 5.52. The maximum atomic E-state index is 12.0. The van der Waals surface area contributed by atoms with Crippen LogP contribution in [0.15, 0.2) is 54.9 Å². The second-order valence-corrected chi connectivity index (χ2v) is 4.41. The van der Waals surface area contributed by atoms with Gasteiger partial charge in [-0.05, 0) is 18.2 Å². The van der Waals surface area contributed by atoms with E-state index in [0.29, 0.717) is 18.8 Å². The van der Waals surface area contributed by atoms with Gasteiger partial charge in [-0.3, -0.25) is 9.48 Å². The Balaban J connectivity index is 1.66. The van der Waals surface area contributed by atoms with Crippen molar-refractivity contribution in [1.29, 1.82) is 0 Å². The highest BCUT2D eigenvalue weighted by molar-refractivity contribution is 5.94. The summed E-state index contributed by atoms with van der Waals surface area (Å²) in [5.41, 5.74) is 1.26. The molecule has 0 radical (unpaired) electrons. The van der Waals surface area contributed by atoms with Crippen molar-refractivity contribution in [2.75, 3.05) is 6.54 Å². The Kier molecular flexibility index (Phi) is 3.41.